The Labute approximate surface area is 49.6 Å². The summed E-state index contributed by atoms with van der Waals surface area (Å²) in [6.07, 6.45) is 0. The standard InChI is InChI=1S/Al.FH2O4P/c;1-5-6(2,3)4/h;(H2,2,3,4)/q+3;/p-2. The fourth-order valence-corrected chi connectivity index (χ4v) is 0. The summed E-state index contributed by atoms with van der Waals surface area (Å²) in [4.78, 5) is 17.8. The third-order valence-electron chi connectivity index (χ3n) is 0.0845. The Balaban J connectivity index is 0. The third kappa shape index (κ3) is 10.8. The van der Waals surface area contributed by atoms with Crippen LogP contribution in [0, 0.1) is 0 Å². The van der Waals surface area contributed by atoms with E-state index in [1.807, 2.05) is 4.73 Å². The van der Waals surface area contributed by atoms with Gasteiger partial charge in [-0.2, -0.15) is 4.73 Å². The predicted octanol–water partition coefficient (Wildman–Crippen LogP) is -1.66. The van der Waals surface area contributed by atoms with Gasteiger partial charge in [0.05, 0.1) is 0 Å². The average molecular weight is 141 g/mol. The van der Waals surface area contributed by atoms with Crippen LogP contribution in [0.4, 0.5) is 4.53 Å². The van der Waals surface area contributed by atoms with Crippen molar-refractivity contribution in [3.8, 4) is 0 Å². The van der Waals surface area contributed by atoms with Crippen molar-refractivity contribution in [2.24, 2.45) is 0 Å². The van der Waals surface area contributed by atoms with Crippen LogP contribution in [0.3, 0.4) is 0 Å². The van der Waals surface area contributed by atoms with Gasteiger partial charge in [0.25, 0.3) is 0 Å². The molecule has 0 atom stereocenters. The molecule has 0 aliphatic heterocycles. The Bertz CT molecular complexity index is 75.8. The molecule has 0 fully saturated rings. The summed E-state index contributed by atoms with van der Waals surface area (Å²) in [6.45, 7) is 0. The van der Waals surface area contributed by atoms with Crippen LogP contribution in [-0.4, -0.2) is 17.4 Å². The molecule has 0 aromatic heterocycles. The first-order valence-corrected chi connectivity index (χ1v) is 2.35. The van der Waals surface area contributed by atoms with Gasteiger partial charge in [0.15, 0.2) is 0 Å². The molecule has 0 aliphatic rings. The summed E-state index contributed by atoms with van der Waals surface area (Å²) in [5.74, 6) is 0. The van der Waals surface area contributed by atoms with E-state index in [1.165, 1.54) is 0 Å². The van der Waals surface area contributed by atoms with E-state index < -0.39 is 7.82 Å². The van der Waals surface area contributed by atoms with Crippen molar-refractivity contribution < 1.29 is 23.6 Å². The zero-order chi connectivity index (χ0) is 5.21. The van der Waals surface area contributed by atoms with Crippen molar-refractivity contribution in [2.45, 2.75) is 0 Å². The molecule has 0 aromatic rings. The minimum atomic E-state index is -5.31. The quantitative estimate of drug-likeness (QED) is 0.323. The maximum absolute atomic E-state index is 10.1. The minimum absolute atomic E-state index is 0. The van der Waals surface area contributed by atoms with E-state index in [0.717, 1.165) is 0 Å². The number of phosphoric acid groups is 1. The first-order chi connectivity index (χ1) is 2.56. The molecular weight excluding hydrogens is 141 g/mol. The van der Waals surface area contributed by atoms with Gasteiger partial charge < -0.3 is 14.4 Å². The molecule has 7 heteroatoms. The van der Waals surface area contributed by atoms with E-state index >= 15 is 0 Å². The SMILES string of the molecule is O=P([O-])([O-])OF.[Al+3]. The predicted molar refractivity (Wildman–Crippen MR) is 15.6 cm³/mol. The molecule has 7 heavy (non-hydrogen) atoms. The maximum Gasteiger partial charge on any atom is 3.00 e. The molecular formula is AlFO4P+. The van der Waals surface area contributed by atoms with Crippen molar-refractivity contribution in [3.05, 3.63) is 0 Å². The fourth-order valence-electron chi connectivity index (χ4n) is 0. The summed E-state index contributed by atoms with van der Waals surface area (Å²) in [5, 5.41) is 0. The molecule has 0 rings (SSSR count). The van der Waals surface area contributed by atoms with E-state index in [9.17, 15) is 4.53 Å². The van der Waals surface area contributed by atoms with Crippen LogP contribution in [0.15, 0.2) is 0 Å². The molecule has 0 saturated heterocycles. The molecule has 0 aliphatic carbocycles. The second-order valence-electron chi connectivity index (χ2n) is 0.516. The van der Waals surface area contributed by atoms with E-state index in [4.69, 9.17) is 14.4 Å². The first-order valence-electron chi connectivity index (χ1n) is 0.885. The normalized spacial score (nSPS) is 10.1. The summed E-state index contributed by atoms with van der Waals surface area (Å²) in [5.41, 5.74) is 0. The van der Waals surface area contributed by atoms with Gasteiger partial charge in [-0.05, 0) is 4.53 Å². The fraction of sp³-hybridized carbons (Fsp3) is 0. The van der Waals surface area contributed by atoms with Crippen LogP contribution in [0.1, 0.15) is 0 Å². The van der Waals surface area contributed by atoms with Gasteiger partial charge in [0.1, 0.15) is 7.82 Å². The Kier molecular flexibility index (Phi) is 5.36. The molecule has 0 radical (unpaired) electrons. The van der Waals surface area contributed by atoms with Gasteiger partial charge in [-0.1, -0.05) is 0 Å². The van der Waals surface area contributed by atoms with Crippen molar-refractivity contribution in [2.75, 3.05) is 0 Å². The Morgan fingerprint density at radius 2 is 1.71 bits per heavy atom. The molecule has 4 nitrogen and oxygen atoms in total. The molecule has 0 unspecified atom stereocenters. The molecule has 0 heterocycles. The van der Waals surface area contributed by atoms with E-state index in [-0.39, 0.29) is 17.4 Å². The van der Waals surface area contributed by atoms with Crippen LogP contribution < -0.4 is 9.79 Å². The van der Waals surface area contributed by atoms with Gasteiger partial charge in [-0.3, -0.25) is 0 Å². The summed E-state index contributed by atoms with van der Waals surface area (Å²) < 4.78 is 20.9. The van der Waals surface area contributed by atoms with Gasteiger partial charge >= 0.3 is 17.4 Å². The first kappa shape index (κ1) is 10.5. The van der Waals surface area contributed by atoms with E-state index in [1.54, 1.807) is 0 Å². The topological polar surface area (TPSA) is 72.4 Å². The average Bonchev–Trinajstić information content (AvgIpc) is 1.35. The van der Waals surface area contributed by atoms with Gasteiger partial charge in [0.2, 0.25) is 0 Å². The molecule has 0 N–H and O–H groups in total. The largest absolute Gasteiger partial charge is 3.00 e. The summed E-state index contributed by atoms with van der Waals surface area (Å²) in [6, 6.07) is 0. The Morgan fingerprint density at radius 1 is 1.57 bits per heavy atom. The third-order valence-corrected chi connectivity index (χ3v) is 0.254. The van der Waals surface area contributed by atoms with Gasteiger partial charge in [0, 0.05) is 0 Å². The second kappa shape index (κ2) is 3.56. The maximum atomic E-state index is 10.1. The molecule has 0 bridgehead atoms. The molecule has 0 aromatic carbocycles. The number of hydrogen-bond acceptors (Lipinski definition) is 4. The van der Waals surface area contributed by atoms with Crippen LogP contribution in [-0.2, 0) is 9.29 Å². The monoisotopic (exact) mass is 141 g/mol. The van der Waals surface area contributed by atoms with Crippen LogP contribution in [0.5, 0.6) is 0 Å². The molecule has 0 spiro atoms. The molecule has 0 saturated carbocycles. The van der Waals surface area contributed by atoms with E-state index in [0.29, 0.717) is 0 Å². The number of halogens is 1. The summed E-state index contributed by atoms with van der Waals surface area (Å²) >= 11 is 0. The van der Waals surface area contributed by atoms with Crippen LogP contribution in [0.2, 0.25) is 0 Å². The van der Waals surface area contributed by atoms with Crippen LogP contribution >= 0.6 is 7.82 Å². The number of rotatable bonds is 1. The Hall–Kier alpha value is 0.572. The van der Waals surface area contributed by atoms with Crippen molar-refractivity contribution in [1.82, 2.24) is 0 Å². The smallest absolute Gasteiger partial charge is 0.787 e. The van der Waals surface area contributed by atoms with Crippen molar-refractivity contribution >= 4 is 25.2 Å². The number of hydrogen-bond donors (Lipinski definition) is 0. The van der Waals surface area contributed by atoms with Gasteiger partial charge in [-0.15, -0.1) is 0 Å². The van der Waals surface area contributed by atoms with E-state index in [2.05, 4.69) is 0 Å². The van der Waals surface area contributed by atoms with Crippen LogP contribution in [0.25, 0.3) is 0 Å². The van der Waals surface area contributed by atoms with Crippen molar-refractivity contribution in [3.63, 3.8) is 0 Å². The minimum Gasteiger partial charge on any atom is -0.787 e. The molecule has 0 amide bonds. The second-order valence-corrected chi connectivity index (χ2v) is 1.55. The van der Waals surface area contributed by atoms with Gasteiger partial charge in [-0.25, -0.2) is 0 Å². The zero-order valence-electron chi connectivity index (χ0n) is 3.04. The molecule has 38 valence electrons. The summed E-state index contributed by atoms with van der Waals surface area (Å²) in [7, 11) is -5.31. The zero-order valence-corrected chi connectivity index (χ0v) is 5.08. The van der Waals surface area contributed by atoms with Crippen molar-refractivity contribution in [1.29, 1.82) is 0 Å². The Morgan fingerprint density at radius 3 is 1.71 bits per heavy atom.